The molecule has 2 saturated heterocycles. The molecule has 2 aliphatic rings. The second-order valence-electron chi connectivity index (χ2n) is 8.59. The maximum absolute atomic E-state index is 13.9. The Morgan fingerprint density at radius 2 is 1.26 bits per heavy atom. The highest BCUT2D eigenvalue weighted by molar-refractivity contribution is 6.16. The molecule has 2 aromatic carbocycles. The molecule has 6 heteroatoms. The monoisotopic (exact) mass is 463 g/mol. The summed E-state index contributed by atoms with van der Waals surface area (Å²) in [5, 5.41) is 0. The largest absolute Gasteiger partial charge is 0.497 e. The Labute approximate surface area is 201 Å². The first-order valence-corrected chi connectivity index (χ1v) is 11.7. The lowest BCUT2D eigenvalue weighted by Gasteiger charge is -2.37. The minimum atomic E-state index is 0.0783. The summed E-state index contributed by atoms with van der Waals surface area (Å²) in [6, 6.07) is 11.5. The predicted octanol–water partition coefficient (Wildman–Crippen LogP) is 5.01. The van der Waals surface area contributed by atoms with Crippen molar-refractivity contribution in [2.24, 2.45) is 0 Å². The highest BCUT2D eigenvalue weighted by Crippen LogP contribution is 2.43. The summed E-state index contributed by atoms with van der Waals surface area (Å²) >= 11 is 0. The normalized spacial score (nSPS) is 22.3. The minimum absolute atomic E-state index is 0.0783. The van der Waals surface area contributed by atoms with Crippen LogP contribution in [-0.4, -0.2) is 57.8 Å². The number of methoxy groups -OCH3 is 4. The van der Waals surface area contributed by atoms with Crippen LogP contribution >= 0.6 is 0 Å². The second-order valence-corrected chi connectivity index (χ2v) is 8.59. The molecule has 2 aliphatic heterocycles. The van der Waals surface area contributed by atoms with E-state index in [-0.39, 0.29) is 17.9 Å². The molecule has 0 aromatic heterocycles. The lowest BCUT2D eigenvalue weighted by atomic mass is 9.87. The molecule has 0 amide bonds. The number of piperidine rings is 1. The van der Waals surface area contributed by atoms with Crippen LogP contribution in [-0.2, 0) is 4.79 Å². The van der Waals surface area contributed by atoms with E-state index in [2.05, 4.69) is 11.8 Å². The van der Waals surface area contributed by atoms with Crippen molar-refractivity contribution in [1.29, 1.82) is 0 Å². The Hall–Kier alpha value is -3.25. The third-order valence-corrected chi connectivity index (χ3v) is 6.73. The van der Waals surface area contributed by atoms with E-state index in [1.807, 2.05) is 48.6 Å². The lowest BCUT2D eigenvalue weighted by molar-refractivity contribution is -0.114. The quantitative estimate of drug-likeness (QED) is 0.513. The first kappa shape index (κ1) is 23.9. The van der Waals surface area contributed by atoms with E-state index in [0.717, 1.165) is 59.6 Å². The highest BCUT2D eigenvalue weighted by atomic mass is 16.5. The predicted molar refractivity (Wildman–Crippen MR) is 134 cm³/mol. The number of benzene rings is 2. The molecule has 2 fully saturated rings. The first-order chi connectivity index (χ1) is 16.5. The number of Topliss-reactive ketones (excluding diaryl/α,β-unsaturated/α-hetero) is 1. The molecule has 6 nitrogen and oxygen atoms in total. The molecule has 34 heavy (non-hydrogen) atoms. The number of hydrogen-bond acceptors (Lipinski definition) is 6. The van der Waals surface area contributed by atoms with Crippen LogP contribution in [0.3, 0.4) is 0 Å². The molecule has 2 heterocycles. The molecule has 0 saturated carbocycles. The summed E-state index contributed by atoms with van der Waals surface area (Å²) in [7, 11) is 6.55. The van der Waals surface area contributed by atoms with Crippen LogP contribution in [0.1, 0.15) is 37.3 Å². The van der Waals surface area contributed by atoms with Crippen molar-refractivity contribution in [1.82, 2.24) is 4.90 Å². The van der Waals surface area contributed by atoms with Crippen molar-refractivity contribution in [2.45, 2.75) is 38.3 Å². The van der Waals surface area contributed by atoms with Crippen molar-refractivity contribution >= 4 is 17.9 Å². The van der Waals surface area contributed by atoms with Crippen molar-refractivity contribution in [2.75, 3.05) is 35.0 Å². The Balaban J connectivity index is 1.85. The minimum Gasteiger partial charge on any atom is -0.497 e. The summed E-state index contributed by atoms with van der Waals surface area (Å²) in [5.41, 5.74) is 3.26. The number of ether oxygens (including phenoxy) is 4. The van der Waals surface area contributed by atoms with Gasteiger partial charge in [-0.15, -0.1) is 0 Å². The molecule has 0 radical (unpaired) electrons. The molecule has 0 unspecified atom stereocenters. The van der Waals surface area contributed by atoms with Gasteiger partial charge < -0.3 is 18.9 Å². The fourth-order valence-corrected chi connectivity index (χ4v) is 5.14. The van der Waals surface area contributed by atoms with Gasteiger partial charge in [0.15, 0.2) is 5.78 Å². The highest BCUT2D eigenvalue weighted by Gasteiger charge is 2.46. The van der Waals surface area contributed by atoms with Gasteiger partial charge in [0.1, 0.15) is 23.0 Å². The summed E-state index contributed by atoms with van der Waals surface area (Å²) < 4.78 is 22.0. The standard InChI is InChI=1S/C28H33NO5/c1-6-13-29-24-9-10-25(29)23(17-19-15-21(32-3)8-12-27(19)34-5)28(30)22(24)16-18-14-20(31-2)7-11-26(18)33-4/h7-8,11-12,14-17,24-25H,6,9-10,13H2,1-5H3/b22-16+,23-17+/t24-,25+. The van der Waals surface area contributed by atoms with Gasteiger partial charge in [-0.1, -0.05) is 6.92 Å². The van der Waals surface area contributed by atoms with Gasteiger partial charge >= 0.3 is 0 Å². The zero-order valence-corrected chi connectivity index (χ0v) is 20.6. The molecular weight excluding hydrogens is 430 g/mol. The fraction of sp³-hybridized carbons (Fsp3) is 0.393. The summed E-state index contributed by atoms with van der Waals surface area (Å²) in [4.78, 5) is 16.4. The number of carbonyl (C=O) groups excluding carboxylic acids is 1. The van der Waals surface area contributed by atoms with E-state index in [9.17, 15) is 4.79 Å². The van der Waals surface area contributed by atoms with Gasteiger partial charge in [0.05, 0.1) is 28.4 Å². The van der Waals surface area contributed by atoms with Crippen LogP contribution in [0.15, 0.2) is 47.5 Å². The molecule has 180 valence electrons. The van der Waals surface area contributed by atoms with Crippen molar-refractivity contribution in [3.05, 3.63) is 58.7 Å². The van der Waals surface area contributed by atoms with E-state index in [0.29, 0.717) is 11.5 Å². The molecule has 2 bridgehead atoms. The molecule has 4 rings (SSSR count). The fourth-order valence-electron chi connectivity index (χ4n) is 5.14. The van der Waals surface area contributed by atoms with Crippen LogP contribution in [0.4, 0.5) is 0 Å². The molecule has 0 N–H and O–H groups in total. The molecule has 2 atom stereocenters. The van der Waals surface area contributed by atoms with E-state index in [1.165, 1.54) is 0 Å². The van der Waals surface area contributed by atoms with E-state index in [4.69, 9.17) is 18.9 Å². The van der Waals surface area contributed by atoms with Gasteiger partial charge in [0, 0.05) is 34.4 Å². The number of rotatable bonds is 8. The van der Waals surface area contributed by atoms with Crippen LogP contribution < -0.4 is 18.9 Å². The average molecular weight is 464 g/mol. The molecule has 2 aromatic rings. The lowest BCUT2D eigenvalue weighted by Crippen LogP contribution is -2.46. The van der Waals surface area contributed by atoms with Gasteiger partial charge in [-0.3, -0.25) is 9.69 Å². The Morgan fingerprint density at radius 3 is 1.65 bits per heavy atom. The SMILES string of the molecule is CCCN1[C@@H]2CC[C@H]1/C(=C\c1cc(OC)ccc1OC)C(=O)/C2=C/c1cc(OC)ccc1OC. The average Bonchev–Trinajstić information content (AvgIpc) is 3.22. The zero-order valence-electron chi connectivity index (χ0n) is 20.6. The summed E-state index contributed by atoms with van der Waals surface area (Å²) in [6.45, 7) is 3.11. The van der Waals surface area contributed by atoms with Crippen LogP contribution in [0, 0.1) is 0 Å². The van der Waals surface area contributed by atoms with E-state index < -0.39 is 0 Å². The molecule has 0 aliphatic carbocycles. The molecule has 0 spiro atoms. The summed E-state index contributed by atoms with van der Waals surface area (Å²) in [5.74, 6) is 2.95. The summed E-state index contributed by atoms with van der Waals surface area (Å²) in [6.07, 6.45) is 6.87. The van der Waals surface area contributed by atoms with Crippen LogP contribution in [0.25, 0.3) is 12.2 Å². The third kappa shape index (κ3) is 4.42. The number of hydrogen-bond donors (Lipinski definition) is 0. The number of ketones is 1. The number of fused-ring (bicyclic) bond motifs is 2. The van der Waals surface area contributed by atoms with Gasteiger partial charge in [-0.2, -0.15) is 0 Å². The van der Waals surface area contributed by atoms with E-state index >= 15 is 0 Å². The first-order valence-electron chi connectivity index (χ1n) is 11.7. The Morgan fingerprint density at radius 1 is 0.794 bits per heavy atom. The van der Waals surface area contributed by atoms with Gasteiger partial charge in [0.25, 0.3) is 0 Å². The third-order valence-electron chi connectivity index (χ3n) is 6.73. The number of nitrogens with zero attached hydrogens (tertiary/aromatic N) is 1. The maximum atomic E-state index is 13.9. The number of carbonyl (C=O) groups is 1. The van der Waals surface area contributed by atoms with Crippen molar-refractivity contribution in [3.8, 4) is 23.0 Å². The van der Waals surface area contributed by atoms with Crippen molar-refractivity contribution in [3.63, 3.8) is 0 Å². The van der Waals surface area contributed by atoms with Crippen LogP contribution in [0.2, 0.25) is 0 Å². The maximum Gasteiger partial charge on any atom is 0.188 e. The smallest absolute Gasteiger partial charge is 0.188 e. The van der Waals surface area contributed by atoms with Crippen molar-refractivity contribution < 1.29 is 23.7 Å². The van der Waals surface area contributed by atoms with Gasteiger partial charge in [-0.25, -0.2) is 0 Å². The second kappa shape index (κ2) is 10.3. The van der Waals surface area contributed by atoms with Gasteiger partial charge in [0.2, 0.25) is 0 Å². The Kier molecular flexibility index (Phi) is 7.27. The van der Waals surface area contributed by atoms with Gasteiger partial charge in [-0.05, 0) is 74.4 Å². The van der Waals surface area contributed by atoms with Crippen LogP contribution in [0.5, 0.6) is 23.0 Å². The Bertz CT molecular complexity index is 1040. The van der Waals surface area contributed by atoms with E-state index in [1.54, 1.807) is 28.4 Å². The zero-order chi connectivity index (χ0) is 24.2. The molecular formula is C28H33NO5. The topological polar surface area (TPSA) is 57.2 Å².